The fourth-order valence-corrected chi connectivity index (χ4v) is 1.76. The zero-order valence-corrected chi connectivity index (χ0v) is 11.2. The largest absolute Gasteiger partial charge is 0.491 e. The summed E-state index contributed by atoms with van der Waals surface area (Å²) in [5.74, 6) is 0.805. The summed E-state index contributed by atoms with van der Waals surface area (Å²) in [5, 5.41) is 6.95. The van der Waals surface area contributed by atoms with Crippen molar-refractivity contribution in [1.82, 2.24) is 0 Å². The minimum atomic E-state index is 0.141. The predicted molar refractivity (Wildman–Crippen MR) is 70.9 cm³/mol. The molecule has 0 atom stereocenters. The fraction of sp³-hybridized carbons (Fsp3) is 0.333. The summed E-state index contributed by atoms with van der Waals surface area (Å²) in [7, 11) is 0. The normalized spacial score (nSPS) is 11.7. The monoisotopic (exact) mass is 282 g/mol. The molecule has 0 fully saturated rings. The smallest absolute Gasteiger partial charge is 0.121 e. The highest BCUT2D eigenvalue weighted by Gasteiger charge is 2.04. The van der Waals surface area contributed by atoms with E-state index in [9.17, 15) is 0 Å². The molecule has 1 aromatic carbocycles. The molecule has 0 aromatic heterocycles. The first-order valence-electron chi connectivity index (χ1n) is 5.04. The van der Waals surface area contributed by atoms with Crippen LogP contribution in [0.2, 0.25) is 0 Å². The topological polar surface area (TPSA) is 45.4 Å². The molecule has 0 aliphatic rings. The Hall–Kier alpha value is -1.16. The maximum atomic E-state index is 6.95. The standard InChI is InChI=1S/C12H15BrN2O/c1-8(2)16-12-5-10(4-11(13)6-12)9(3)15-7-14/h4-8,14H,1-3H3. The molecule has 0 aliphatic carbocycles. The molecule has 0 bridgehead atoms. The number of benzene rings is 1. The van der Waals surface area contributed by atoms with Crippen LogP contribution in [0.25, 0.3) is 0 Å². The molecule has 0 aliphatic heterocycles. The third kappa shape index (κ3) is 3.77. The van der Waals surface area contributed by atoms with E-state index in [4.69, 9.17) is 10.1 Å². The van der Waals surface area contributed by atoms with Gasteiger partial charge in [-0.25, -0.2) is 4.99 Å². The second-order valence-electron chi connectivity index (χ2n) is 3.69. The molecule has 1 aromatic rings. The van der Waals surface area contributed by atoms with Crippen LogP contribution < -0.4 is 4.74 Å². The first kappa shape index (κ1) is 12.9. The molecule has 0 radical (unpaired) electrons. The van der Waals surface area contributed by atoms with Gasteiger partial charge in [-0.2, -0.15) is 0 Å². The SMILES string of the molecule is CC(=NC=N)c1cc(Br)cc(OC(C)C)c1. The average molecular weight is 283 g/mol. The van der Waals surface area contributed by atoms with Gasteiger partial charge in [-0.15, -0.1) is 0 Å². The Bertz CT molecular complexity index is 413. The van der Waals surface area contributed by atoms with Crippen molar-refractivity contribution in [3.63, 3.8) is 0 Å². The van der Waals surface area contributed by atoms with Crippen LogP contribution in [-0.2, 0) is 0 Å². The van der Waals surface area contributed by atoms with Gasteiger partial charge in [-0.3, -0.25) is 5.41 Å². The van der Waals surface area contributed by atoms with Gasteiger partial charge < -0.3 is 4.74 Å². The molecule has 0 unspecified atom stereocenters. The van der Waals surface area contributed by atoms with Crippen LogP contribution in [0.15, 0.2) is 27.7 Å². The van der Waals surface area contributed by atoms with Crippen LogP contribution in [0.1, 0.15) is 26.3 Å². The van der Waals surface area contributed by atoms with Crippen molar-refractivity contribution in [2.24, 2.45) is 4.99 Å². The maximum Gasteiger partial charge on any atom is 0.121 e. The van der Waals surface area contributed by atoms with Gasteiger partial charge in [0, 0.05) is 15.7 Å². The first-order chi connectivity index (χ1) is 7.52. The second-order valence-corrected chi connectivity index (χ2v) is 4.60. The van der Waals surface area contributed by atoms with Gasteiger partial charge in [-0.05, 0) is 39.0 Å². The number of ether oxygens (including phenoxy) is 1. The highest BCUT2D eigenvalue weighted by atomic mass is 79.9. The van der Waals surface area contributed by atoms with E-state index in [2.05, 4.69) is 20.9 Å². The van der Waals surface area contributed by atoms with E-state index in [1.807, 2.05) is 39.0 Å². The zero-order valence-electron chi connectivity index (χ0n) is 9.62. The van der Waals surface area contributed by atoms with Gasteiger partial charge in [0.05, 0.1) is 6.10 Å². The van der Waals surface area contributed by atoms with Gasteiger partial charge >= 0.3 is 0 Å². The minimum Gasteiger partial charge on any atom is -0.491 e. The predicted octanol–water partition coefficient (Wildman–Crippen LogP) is 3.65. The lowest BCUT2D eigenvalue weighted by Gasteiger charge is -2.11. The molecule has 4 heteroatoms. The Balaban J connectivity index is 3.07. The first-order valence-corrected chi connectivity index (χ1v) is 5.83. The van der Waals surface area contributed by atoms with Crippen molar-refractivity contribution < 1.29 is 4.74 Å². The van der Waals surface area contributed by atoms with E-state index >= 15 is 0 Å². The number of hydrogen-bond acceptors (Lipinski definition) is 2. The number of hydrogen-bond donors (Lipinski definition) is 1. The summed E-state index contributed by atoms with van der Waals surface area (Å²) < 4.78 is 6.57. The quantitative estimate of drug-likeness (QED) is 0.665. The van der Waals surface area contributed by atoms with Crippen molar-refractivity contribution in [1.29, 1.82) is 5.41 Å². The Kier molecular flexibility index (Phi) is 4.68. The summed E-state index contributed by atoms with van der Waals surface area (Å²) in [6.45, 7) is 5.84. The van der Waals surface area contributed by atoms with Crippen LogP contribution in [0.5, 0.6) is 5.75 Å². The summed E-state index contributed by atoms with van der Waals surface area (Å²) in [6.07, 6.45) is 1.18. The van der Waals surface area contributed by atoms with Crippen molar-refractivity contribution in [3.8, 4) is 5.75 Å². The van der Waals surface area contributed by atoms with Gasteiger partial charge in [0.15, 0.2) is 0 Å². The molecule has 0 heterocycles. The van der Waals surface area contributed by atoms with E-state index in [1.165, 1.54) is 0 Å². The van der Waals surface area contributed by atoms with Crippen LogP contribution >= 0.6 is 15.9 Å². The number of halogens is 1. The van der Waals surface area contributed by atoms with Crippen LogP contribution in [-0.4, -0.2) is 18.2 Å². The van der Waals surface area contributed by atoms with E-state index in [-0.39, 0.29) is 6.10 Å². The Morgan fingerprint density at radius 2 is 2.12 bits per heavy atom. The number of aliphatic imine (C=N–C) groups is 1. The van der Waals surface area contributed by atoms with E-state index in [0.717, 1.165) is 27.8 Å². The summed E-state index contributed by atoms with van der Waals surface area (Å²) in [6, 6.07) is 5.80. The summed E-state index contributed by atoms with van der Waals surface area (Å²) in [5.41, 5.74) is 1.75. The molecule has 0 saturated heterocycles. The summed E-state index contributed by atoms with van der Waals surface area (Å²) in [4.78, 5) is 3.94. The lowest BCUT2D eigenvalue weighted by atomic mass is 10.1. The lowest BCUT2D eigenvalue weighted by Crippen LogP contribution is -2.06. The highest BCUT2D eigenvalue weighted by Crippen LogP contribution is 2.22. The number of nitrogens with one attached hydrogen (secondary N) is 1. The van der Waals surface area contributed by atoms with Crippen molar-refractivity contribution >= 4 is 28.0 Å². The number of rotatable bonds is 4. The fourth-order valence-electron chi connectivity index (χ4n) is 1.28. The molecule has 16 heavy (non-hydrogen) atoms. The van der Waals surface area contributed by atoms with Gasteiger partial charge in [0.1, 0.15) is 12.1 Å². The Labute approximate surface area is 104 Å². The highest BCUT2D eigenvalue weighted by molar-refractivity contribution is 9.10. The van der Waals surface area contributed by atoms with Gasteiger partial charge in [0.25, 0.3) is 0 Å². The molecule has 1 rings (SSSR count). The third-order valence-corrected chi connectivity index (χ3v) is 2.38. The van der Waals surface area contributed by atoms with Gasteiger partial charge in [0.2, 0.25) is 0 Å². The third-order valence-electron chi connectivity index (χ3n) is 1.92. The molecule has 86 valence electrons. The molecular weight excluding hydrogens is 268 g/mol. The second kappa shape index (κ2) is 5.80. The molecule has 0 spiro atoms. The molecule has 0 amide bonds. The molecular formula is C12H15BrN2O. The van der Waals surface area contributed by atoms with E-state index in [0.29, 0.717) is 0 Å². The average Bonchev–Trinajstić information content (AvgIpc) is 2.15. The van der Waals surface area contributed by atoms with Crippen molar-refractivity contribution in [3.05, 3.63) is 28.2 Å². The molecule has 1 N–H and O–H groups in total. The lowest BCUT2D eigenvalue weighted by molar-refractivity contribution is 0.242. The van der Waals surface area contributed by atoms with Crippen molar-refractivity contribution in [2.75, 3.05) is 0 Å². The minimum absolute atomic E-state index is 0.141. The zero-order chi connectivity index (χ0) is 12.1. The van der Waals surface area contributed by atoms with Gasteiger partial charge in [-0.1, -0.05) is 15.9 Å². The van der Waals surface area contributed by atoms with E-state index in [1.54, 1.807) is 0 Å². The number of nitrogens with zero attached hydrogens (tertiary/aromatic N) is 1. The van der Waals surface area contributed by atoms with E-state index < -0.39 is 0 Å². The van der Waals surface area contributed by atoms with Crippen molar-refractivity contribution in [2.45, 2.75) is 26.9 Å². The molecule has 3 nitrogen and oxygen atoms in total. The molecule has 0 saturated carbocycles. The van der Waals surface area contributed by atoms with Crippen LogP contribution in [0.4, 0.5) is 0 Å². The van der Waals surface area contributed by atoms with Crippen LogP contribution in [0, 0.1) is 5.41 Å². The summed E-state index contributed by atoms with van der Waals surface area (Å²) >= 11 is 3.43. The van der Waals surface area contributed by atoms with Crippen LogP contribution in [0.3, 0.4) is 0 Å². The Morgan fingerprint density at radius 1 is 1.44 bits per heavy atom. The Morgan fingerprint density at radius 3 is 2.69 bits per heavy atom. The maximum absolute atomic E-state index is 6.95.